The Balaban J connectivity index is 2.05. The molecule has 1 aromatic carbocycles. The van der Waals surface area contributed by atoms with Crippen molar-refractivity contribution < 1.29 is 9.15 Å². The topological polar surface area (TPSA) is 65.7 Å². The molecule has 0 bridgehead atoms. The first-order valence-electron chi connectivity index (χ1n) is 6.56. The molecule has 3 aromatic heterocycles. The number of furan rings is 1. The van der Waals surface area contributed by atoms with Crippen LogP contribution in [0.2, 0.25) is 0 Å². The summed E-state index contributed by atoms with van der Waals surface area (Å²) in [7, 11) is 1.62. The lowest BCUT2D eigenvalue weighted by Gasteiger charge is -2.01. The zero-order chi connectivity index (χ0) is 14.4. The highest BCUT2D eigenvalue weighted by molar-refractivity contribution is 5.96. The fourth-order valence-corrected chi connectivity index (χ4v) is 2.58. The van der Waals surface area contributed by atoms with E-state index >= 15 is 0 Å². The van der Waals surface area contributed by atoms with E-state index in [1.807, 2.05) is 47.0 Å². The highest BCUT2D eigenvalue weighted by atomic mass is 16.5. The highest BCUT2D eigenvalue weighted by Crippen LogP contribution is 2.35. The van der Waals surface area contributed by atoms with Gasteiger partial charge in [0.15, 0.2) is 11.4 Å². The van der Waals surface area contributed by atoms with Gasteiger partial charge in [-0.3, -0.25) is 4.40 Å². The van der Waals surface area contributed by atoms with E-state index in [2.05, 4.69) is 4.98 Å². The molecule has 0 atom stereocenters. The molecule has 0 radical (unpaired) electrons. The number of anilines is 1. The van der Waals surface area contributed by atoms with Crippen molar-refractivity contribution in [2.24, 2.45) is 0 Å². The number of rotatable bonds is 2. The quantitative estimate of drug-likeness (QED) is 0.611. The second kappa shape index (κ2) is 4.28. The minimum atomic E-state index is 0.565. The van der Waals surface area contributed by atoms with Crippen LogP contribution in [0.15, 0.2) is 53.3 Å². The third kappa shape index (κ3) is 1.61. The standard InChI is InChI=1S/C16H13N3O2/c1-20-13-7-4-8-19-15(17)14(18-16(13)19)11-9-21-12-6-3-2-5-10(11)12/h2-9H,17H2,1H3. The van der Waals surface area contributed by atoms with E-state index in [1.54, 1.807) is 13.4 Å². The van der Waals surface area contributed by atoms with E-state index in [0.717, 1.165) is 16.5 Å². The fraction of sp³-hybridized carbons (Fsp3) is 0.0625. The molecule has 5 nitrogen and oxygen atoms in total. The van der Waals surface area contributed by atoms with E-state index in [-0.39, 0.29) is 0 Å². The summed E-state index contributed by atoms with van der Waals surface area (Å²) in [6.07, 6.45) is 3.56. The summed E-state index contributed by atoms with van der Waals surface area (Å²) >= 11 is 0. The Morgan fingerprint density at radius 3 is 2.90 bits per heavy atom. The first-order chi connectivity index (χ1) is 10.3. The van der Waals surface area contributed by atoms with E-state index in [1.165, 1.54) is 0 Å². The number of benzene rings is 1. The molecule has 0 aliphatic rings. The van der Waals surface area contributed by atoms with Gasteiger partial charge in [0.05, 0.1) is 12.7 Å². The normalized spacial score (nSPS) is 11.3. The molecule has 0 spiro atoms. The average molecular weight is 279 g/mol. The van der Waals surface area contributed by atoms with Crippen LogP contribution in [0.5, 0.6) is 5.75 Å². The summed E-state index contributed by atoms with van der Waals surface area (Å²) in [6, 6.07) is 11.6. The number of aromatic nitrogens is 2. The Morgan fingerprint density at radius 1 is 1.19 bits per heavy atom. The smallest absolute Gasteiger partial charge is 0.181 e. The number of hydrogen-bond donors (Lipinski definition) is 1. The number of para-hydroxylation sites is 1. The van der Waals surface area contributed by atoms with Gasteiger partial charge < -0.3 is 14.9 Å². The largest absolute Gasteiger partial charge is 0.493 e. The number of nitrogens with two attached hydrogens (primary N) is 1. The van der Waals surface area contributed by atoms with Crippen molar-refractivity contribution >= 4 is 22.4 Å². The van der Waals surface area contributed by atoms with E-state index < -0.39 is 0 Å². The number of imidazole rings is 1. The maximum absolute atomic E-state index is 6.25. The van der Waals surface area contributed by atoms with Crippen LogP contribution in [-0.2, 0) is 0 Å². The molecule has 0 saturated heterocycles. The van der Waals surface area contributed by atoms with Gasteiger partial charge in [0.1, 0.15) is 23.4 Å². The highest BCUT2D eigenvalue weighted by Gasteiger charge is 2.17. The molecule has 0 amide bonds. The molecule has 5 heteroatoms. The summed E-state index contributed by atoms with van der Waals surface area (Å²) in [5.41, 5.74) is 9.34. The molecule has 4 rings (SSSR count). The van der Waals surface area contributed by atoms with Gasteiger partial charge in [-0.2, -0.15) is 0 Å². The summed E-state index contributed by atoms with van der Waals surface area (Å²) in [5, 5.41) is 0.992. The van der Waals surface area contributed by atoms with Gasteiger partial charge in [0, 0.05) is 11.6 Å². The first-order valence-corrected chi connectivity index (χ1v) is 6.56. The lowest BCUT2D eigenvalue weighted by molar-refractivity contribution is 0.417. The number of pyridine rings is 1. The fourth-order valence-electron chi connectivity index (χ4n) is 2.58. The minimum absolute atomic E-state index is 0.565. The monoisotopic (exact) mass is 279 g/mol. The van der Waals surface area contributed by atoms with E-state index in [9.17, 15) is 0 Å². The third-order valence-electron chi connectivity index (χ3n) is 3.61. The predicted octanol–water partition coefficient (Wildman–Crippen LogP) is 3.34. The Labute approximate surface area is 120 Å². The van der Waals surface area contributed by atoms with Crippen molar-refractivity contribution in [1.82, 2.24) is 9.38 Å². The summed E-state index contributed by atoms with van der Waals surface area (Å²) in [6.45, 7) is 0. The average Bonchev–Trinajstić information content (AvgIpc) is 3.09. The number of ether oxygens (including phenoxy) is 1. The number of hydrogen-bond acceptors (Lipinski definition) is 4. The SMILES string of the molecule is COc1cccn2c(N)c(-c3coc4ccccc34)nc12. The Kier molecular flexibility index (Phi) is 2.41. The van der Waals surface area contributed by atoms with Crippen LogP contribution < -0.4 is 10.5 Å². The maximum atomic E-state index is 6.25. The maximum Gasteiger partial charge on any atom is 0.181 e. The van der Waals surface area contributed by atoms with Crippen molar-refractivity contribution in [2.75, 3.05) is 12.8 Å². The third-order valence-corrected chi connectivity index (χ3v) is 3.61. The molecule has 104 valence electrons. The summed E-state index contributed by atoms with van der Waals surface area (Å²) in [4.78, 5) is 4.63. The number of methoxy groups -OCH3 is 1. The van der Waals surface area contributed by atoms with Crippen molar-refractivity contribution in [1.29, 1.82) is 0 Å². The van der Waals surface area contributed by atoms with Crippen molar-refractivity contribution in [3.63, 3.8) is 0 Å². The lowest BCUT2D eigenvalue weighted by Crippen LogP contribution is -1.94. The molecule has 4 aromatic rings. The van der Waals surface area contributed by atoms with E-state index in [0.29, 0.717) is 22.9 Å². The van der Waals surface area contributed by atoms with Gasteiger partial charge in [-0.25, -0.2) is 4.98 Å². The van der Waals surface area contributed by atoms with Crippen LogP contribution in [0.1, 0.15) is 0 Å². The molecule has 0 unspecified atom stereocenters. The Bertz CT molecular complexity index is 953. The zero-order valence-electron chi connectivity index (χ0n) is 11.4. The van der Waals surface area contributed by atoms with Gasteiger partial charge in [-0.15, -0.1) is 0 Å². The molecule has 3 heterocycles. The Hall–Kier alpha value is -2.95. The van der Waals surface area contributed by atoms with Crippen molar-refractivity contribution in [3.05, 3.63) is 48.9 Å². The molecular weight excluding hydrogens is 266 g/mol. The van der Waals surface area contributed by atoms with Crippen molar-refractivity contribution in [3.8, 4) is 17.0 Å². The second-order valence-electron chi connectivity index (χ2n) is 4.76. The molecule has 0 aliphatic carbocycles. The molecular formula is C16H13N3O2. The van der Waals surface area contributed by atoms with Crippen LogP contribution in [0.4, 0.5) is 5.82 Å². The van der Waals surface area contributed by atoms with Gasteiger partial charge in [-0.05, 0) is 18.2 Å². The van der Waals surface area contributed by atoms with Crippen LogP contribution >= 0.6 is 0 Å². The molecule has 0 saturated carbocycles. The molecule has 0 fully saturated rings. The molecule has 2 N–H and O–H groups in total. The molecule has 0 aliphatic heterocycles. The predicted molar refractivity (Wildman–Crippen MR) is 81.4 cm³/mol. The number of nitrogen functional groups attached to an aromatic ring is 1. The number of nitrogens with zero attached hydrogens (tertiary/aromatic N) is 2. The summed E-state index contributed by atoms with van der Waals surface area (Å²) < 4.78 is 12.7. The van der Waals surface area contributed by atoms with Crippen LogP contribution in [0, 0.1) is 0 Å². The molecule has 21 heavy (non-hydrogen) atoms. The second-order valence-corrected chi connectivity index (χ2v) is 4.76. The number of fused-ring (bicyclic) bond motifs is 2. The van der Waals surface area contributed by atoms with E-state index in [4.69, 9.17) is 14.9 Å². The summed E-state index contributed by atoms with van der Waals surface area (Å²) in [5.74, 6) is 1.25. The lowest BCUT2D eigenvalue weighted by atomic mass is 10.1. The van der Waals surface area contributed by atoms with Gasteiger partial charge in [0.2, 0.25) is 0 Å². The first kappa shape index (κ1) is 11.8. The van der Waals surface area contributed by atoms with Gasteiger partial charge in [-0.1, -0.05) is 18.2 Å². The minimum Gasteiger partial charge on any atom is -0.493 e. The van der Waals surface area contributed by atoms with Gasteiger partial charge >= 0.3 is 0 Å². The van der Waals surface area contributed by atoms with Crippen LogP contribution in [0.3, 0.4) is 0 Å². The zero-order valence-corrected chi connectivity index (χ0v) is 11.4. The van der Waals surface area contributed by atoms with Crippen molar-refractivity contribution in [2.45, 2.75) is 0 Å². The van der Waals surface area contributed by atoms with Crippen LogP contribution in [-0.4, -0.2) is 16.5 Å². The Morgan fingerprint density at radius 2 is 2.05 bits per heavy atom. The van der Waals surface area contributed by atoms with Crippen LogP contribution in [0.25, 0.3) is 27.9 Å². The van der Waals surface area contributed by atoms with Gasteiger partial charge in [0.25, 0.3) is 0 Å².